The number of hydrogen-bond acceptors (Lipinski definition) is 6. The van der Waals surface area contributed by atoms with E-state index in [0.29, 0.717) is 18.4 Å². The van der Waals surface area contributed by atoms with Crippen molar-refractivity contribution in [3.05, 3.63) is 83.7 Å². The van der Waals surface area contributed by atoms with Gasteiger partial charge < -0.3 is 24.6 Å². The molecular weight excluding hydrogens is 577 g/mol. The van der Waals surface area contributed by atoms with Crippen LogP contribution in [0.25, 0.3) is 10.8 Å². The quantitative estimate of drug-likeness (QED) is 0.319. The summed E-state index contributed by atoms with van der Waals surface area (Å²) in [6.45, 7) is 7.32. The summed E-state index contributed by atoms with van der Waals surface area (Å²) in [6.07, 6.45) is 0.507. The van der Waals surface area contributed by atoms with E-state index in [1.165, 1.54) is 29.0 Å². The lowest BCUT2D eigenvalue weighted by atomic mass is 9.97. The second-order valence-corrected chi connectivity index (χ2v) is 12.3. The van der Waals surface area contributed by atoms with Crippen LogP contribution < -0.4 is 5.32 Å². The molecule has 3 amide bonds. The van der Waals surface area contributed by atoms with Crippen molar-refractivity contribution in [2.75, 3.05) is 20.2 Å². The highest BCUT2D eigenvalue weighted by molar-refractivity contribution is 5.94. The van der Waals surface area contributed by atoms with Gasteiger partial charge in [-0.2, -0.15) is 0 Å². The van der Waals surface area contributed by atoms with Crippen LogP contribution in [0.2, 0.25) is 0 Å². The normalized spacial score (nSPS) is 16.7. The molecule has 1 saturated heterocycles. The highest BCUT2D eigenvalue weighted by atomic mass is 19.1. The lowest BCUT2D eigenvalue weighted by Crippen LogP contribution is -2.65. The van der Waals surface area contributed by atoms with Crippen molar-refractivity contribution in [1.29, 1.82) is 0 Å². The first-order valence-electron chi connectivity index (χ1n) is 15.3. The predicted octanol–water partition coefficient (Wildman–Crippen LogP) is 5.04. The van der Waals surface area contributed by atoms with Gasteiger partial charge in [0.15, 0.2) is 0 Å². The van der Waals surface area contributed by atoms with Gasteiger partial charge in [0.2, 0.25) is 11.8 Å². The lowest BCUT2D eigenvalue weighted by Gasteiger charge is -2.44. The van der Waals surface area contributed by atoms with Crippen LogP contribution in [-0.4, -0.2) is 77.6 Å². The summed E-state index contributed by atoms with van der Waals surface area (Å²) < 4.78 is 24.2. The van der Waals surface area contributed by atoms with E-state index in [1.807, 2.05) is 49.4 Å². The minimum Gasteiger partial charge on any atom is -0.467 e. The maximum Gasteiger partial charge on any atom is 0.408 e. The molecule has 240 valence electrons. The molecule has 0 radical (unpaired) electrons. The fourth-order valence-electron chi connectivity index (χ4n) is 5.68. The number of piperazine rings is 1. The first-order valence-corrected chi connectivity index (χ1v) is 15.3. The van der Waals surface area contributed by atoms with Gasteiger partial charge in [-0.1, -0.05) is 67.9 Å². The maximum atomic E-state index is 14.1. The molecule has 9 nitrogen and oxygen atoms in total. The highest BCUT2D eigenvalue weighted by Gasteiger charge is 2.43. The molecule has 1 heterocycles. The minimum atomic E-state index is -1.07. The molecule has 10 heteroatoms. The van der Waals surface area contributed by atoms with Crippen molar-refractivity contribution < 1.29 is 33.0 Å². The number of alkyl carbamates (subject to hydrolysis) is 1. The van der Waals surface area contributed by atoms with Crippen LogP contribution in [-0.2, 0) is 36.7 Å². The van der Waals surface area contributed by atoms with E-state index in [9.17, 15) is 23.6 Å². The van der Waals surface area contributed by atoms with E-state index in [0.717, 1.165) is 16.3 Å². The molecule has 45 heavy (non-hydrogen) atoms. The smallest absolute Gasteiger partial charge is 0.408 e. The second-order valence-electron chi connectivity index (χ2n) is 12.3. The molecule has 0 unspecified atom stereocenters. The van der Waals surface area contributed by atoms with Gasteiger partial charge in [-0.15, -0.1) is 0 Å². The zero-order valence-corrected chi connectivity index (χ0v) is 26.5. The third-order valence-corrected chi connectivity index (χ3v) is 7.81. The SMILES string of the molecule is CCC[C@H]1C(=O)N([C@@H](Cc2ccc3ccccc3c2)C(=O)OC)CCN1C(=O)[C@@H](Cc1ccc(F)cc1)NC(=O)OC(C)(C)C. The number of hydrogen-bond donors (Lipinski definition) is 1. The Morgan fingerprint density at radius 2 is 1.62 bits per heavy atom. The molecule has 0 aliphatic carbocycles. The van der Waals surface area contributed by atoms with Crippen molar-refractivity contribution in [2.24, 2.45) is 0 Å². The molecule has 0 spiro atoms. The second kappa shape index (κ2) is 14.5. The molecule has 0 aromatic heterocycles. The Bertz CT molecular complexity index is 1520. The number of halogens is 1. The number of amides is 3. The van der Waals surface area contributed by atoms with E-state index in [-0.39, 0.29) is 31.8 Å². The van der Waals surface area contributed by atoms with Crippen LogP contribution in [0.5, 0.6) is 0 Å². The van der Waals surface area contributed by atoms with E-state index in [1.54, 1.807) is 32.9 Å². The molecule has 3 aromatic rings. The Morgan fingerprint density at radius 3 is 2.27 bits per heavy atom. The van der Waals surface area contributed by atoms with Gasteiger partial charge in [0, 0.05) is 25.9 Å². The Kier molecular flexibility index (Phi) is 10.8. The summed E-state index contributed by atoms with van der Waals surface area (Å²) in [4.78, 5) is 57.1. The average molecular weight is 620 g/mol. The number of rotatable bonds is 10. The third-order valence-electron chi connectivity index (χ3n) is 7.81. The fraction of sp³-hybridized carbons (Fsp3) is 0.429. The Labute approximate surface area is 263 Å². The van der Waals surface area contributed by atoms with E-state index in [2.05, 4.69) is 5.32 Å². The van der Waals surface area contributed by atoms with E-state index in [4.69, 9.17) is 9.47 Å². The van der Waals surface area contributed by atoms with Crippen molar-refractivity contribution >= 4 is 34.6 Å². The molecule has 1 fully saturated rings. The summed E-state index contributed by atoms with van der Waals surface area (Å²) in [6, 6.07) is 16.7. The van der Waals surface area contributed by atoms with Crippen LogP contribution in [0.4, 0.5) is 9.18 Å². The number of nitrogens with one attached hydrogen (secondary N) is 1. The standard InChI is InChI=1S/C35H42FN3O6/c1-6-9-29-32(41)39(30(33(42)44-5)22-24-12-15-25-10-7-8-11-26(25)20-24)19-18-38(29)31(40)28(37-34(43)45-35(2,3)4)21-23-13-16-27(36)17-14-23/h7-8,10-17,20,28-30H,6,9,18-19,21-22H2,1-5H3,(H,37,43)/t28-,29+,30+/m1/s1. The number of benzene rings is 3. The Hall–Kier alpha value is -4.47. The molecule has 1 aliphatic heterocycles. The average Bonchev–Trinajstić information content (AvgIpc) is 3.00. The molecule has 1 aliphatic rings. The van der Waals surface area contributed by atoms with Gasteiger partial charge >= 0.3 is 12.1 Å². The number of esters is 1. The van der Waals surface area contributed by atoms with Crippen LogP contribution >= 0.6 is 0 Å². The number of fused-ring (bicyclic) bond motifs is 1. The molecule has 0 saturated carbocycles. The summed E-state index contributed by atoms with van der Waals surface area (Å²) in [5, 5.41) is 4.76. The Morgan fingerprint density at radius 1 is 0.956 bits per heavy atom. The summed E-state index contributed by atoms with van der Waals surface area (Å²) in [7, 11) is 1.30. The third kappa shape index (κ3) is 8.59. The number of carbonyl (C=O) groups excluding carboxylic acids is 4. The minimum absolute atomic E-state index is 0.0678. The largest absolute Gasteiger partial charge is 0.467 e. The van der Waals surface area contributed by atoms with Gasteiger partial charge in [0.25, 0.3) is 0 Å². The molecule has 3 aromatic carbocycles. The van der Waals surface area contributed by atoms with Crippen LogP contribution in [0, 0.1) is 5.82 Å². The maximum absolute atomic E-state index is 14.1. The first kappa shape index (κ1) is 33.4. The van der Waals surface area contributed by atoms with Gasteiger partial charge in [-0.25, -0.2) is 14.0 Å². The summed E-state index contributed by atoms with van der Waals surface area (Å²) >= 11 is 0. The van der Waals surface area contributed by atoms with Gasteiger partial charge in [-0.3, -0.25) is 9.59 Å². The van der Waals surface area contributed by atoms with Crippen molar-refractivity contribution in [3.63, 3.8) is 0 Å². The lowest BCUT2D eigenvalue weighted by molar-refractivity contribution is -0.162. The van der Waals surface area contributed by atoms with Crippen molar-refractivity contribution in [3.8, 4) is 0 Å². The zero-order valence-electron chi connectivity index (χ0n) is 26.5. The predicted molar refractivity (Wildman–Crippen MR) is 169 cm³/mol. The van der Waals surface area contributed by atoms with Crippen LogP contribution in [0.15, 0.2) is 66.7 Å². The van der Waals surface area contributed by atoms with Gasteiger partial charge in [-0.05, 0) is 61.2 Å². The first-order chi connectivity index (χ1) is 21.4. The molecule has 3 atom stereocenters. The highest BCUT2D eigenvalue weighted by Crippen LogP contribution is 2.24. The summed E-state index contributed by atoms with van der Waals surface area (Å²) in [5.41, 5.74) is 0.709. The molecule has 1 N–H and O–H groups in total. The van der Waals surface area contributed by atoms with Gasteiger partial charge in [0.1, 0.15) is 29.5 Å². The van der Waals surface area contributed by atoms with Crippen molar-refractivity contribution in [1.82, 2.24) is 15.1 Å². The molecular formula is C35H42FN3O6. The zero-order chi connectivity index (χ0) is 32.7. The van der Waals surface area contributed by atoms with Gasteiger partial charge in [0.05, 0.1) is 7.11 Å². The van der Waals surface area contributed by atoms with Crippen LogP contribution in [0.3, 0.4) is 0 Å². The Balaban J connectivity index is 1.59. The molecule has 0 bridgehead atoms. The van der Waals surface area contributed by atoms with E-state index < -0.39 is 47.5 Å². The monoisotopic (exact) mass is 619 g/mol. The van der Waals surface area contributed by atoms with Crippen molar-refractivity contribution in [2.45, 2.75) is 77.1 Å². The number of nitrogens with zero attached hydrogens (tertiary/aromatic N) is 2. The number of methoxy groups -OCH3 is 1. The summed E-state index contributed by atoms with van der Waals surface area (Å²) in [5.74, 6) is -1.77. The van der Waals surface area contributed by atoms with Crippen LogP contribution in [0.1, 0.15) is 51.7 Å². The fourth-order valence-corrected chi connectivity index (χ4v) is 5.68. The topological polar surface area (TPSA) is 105 Å². The van der Waals surface area contributed by atoms with E-state index >= 15 is 0 Å². The molecule has 4 rings (SSSR count). The number of ether oxygens (including phenoxy) is 2. The number of carbonyl (C=O) groups is 4.